The first-order chi connectivity index (χ1) is 7.75. The summed E-state index contributed by atoms with van der Waals surface area (Å²) in [6.07, 6.45) is 0. The van der Waals surface area contributed by atoms with Gasteiger partial charge >= 0.3 is 11.2 Å². The Morgan fingerprint density at radius 2 is 1.69 bits per heavy atom. The highest BCUT2D eigenvalue weighted by Crippen LogP contribution is 2.30. The van der Waals surface area contributed by atoms with Crippen LogP contribution in [0, 0.1) is 0 Å². The average molecular weight is 211 g/mol. The Morgan fingerprint density at radius 3 is 2.56 bits per heavy atom. The molecule has 0 saturated heterocycles. The van der Waals surface area contributed by atoms with Crippen LogP contribution in [-0.4, -0.2) is 0 Å². The van der Waals surface area contributed by atoms with E-state index >= 15 is 0 Å². The van der Waals surface area contributed by atoms with E-state index < -0.39 is 0 Å². The maximum absolute atomic E-state index is 5.92. The van der Waals surface area contributed by atoms with Gasteiger partial charge in [0.25, 0.3) is 0 Å². The molecule has 3 nitrogen and oxygen atoms in total. The van der Waals surface area contributed by atoms with E-state index in [1.807, 2.05) is 36.4 Å². The SMILES string of the molecule is Nc1ccc2[o+]c3ccccc3cc2c1N. The number of anilines is 2. The zero-order valence-corrected chi connectivity index (χ0v) is 8.60. The van der Waals surface area contributed by atoms with Crippen LogP contribution < -0.4 is 11.5 Å². The van der Waals surface area contributed by atoms with Crippen molar-refractivity contribution in [3.8, 4) is 0 Å². The monoisotopic (exact) mass is 211 g/mol. The van der Waals surface area contributed by atoms with Gasteiger partial charge < -0.3 is 11.5 Å². The average Bonchev–Trinajstić information content (AvgIpc) is 2.32. The molecule has 0 saturated carbocycles. The van der Waals surface area contributed by atoms with Gasteiger partial charge in [-0.05, 0) is 18.2 Å². The van der Waals surface area contributed by atoms with Crippen molar-refractivity contribution in [3.05, 3.63) is 42.5 Å². The number of benzene rings is 2. The molecule has 16 heavy (non-hydrogen) atoms. The van der Waals surface area contributed by atoms with Crippen molar-refractivity contribution in [1.82, 2.24) is 0 Å². The molecule has 0 atom stereocenters. The summed E-state index contributed by atoms with van der Waals surface area (Å²) in [5, 5.41) is 1.88. The number of nitrogen functional groups attached to an aromatic ring is 2. The van der Waals surface area contributed by atoms with Crippen molar-refractivity contribution in [3.63, 3.8) is 0 Å². The minimum absolute atomic E-state index is 0.576. The Labute approximate surface area is 92.3 Å². The fraction of sp³-hybridized carbons (Fsp3) is 0. The first-order valence-electron chi connectivity index (χ1n) is 5.05. The maximum Gasteiger partial charge on any atom is 0.363 e. The number of para-hydroxylation sites is 1. The molecule has 0 aliphatic carbocycles. The van der Waals surface area contributed by atoms with Crippen molar-refractivity contribution >= 4 is 33.3 Å². The van der Waals surface area contributed by atoms with Crippen LogP contribution in [0.15, 0.2) is 46.9 Å². The highest BCUT2D eigenvalue weighted by atomic mass is 16.3. The molecule has 0 amide bonds. The van der Waals surface area contributed by atoms with Gasteiger partial charge in [-0.1, -0.05) is 12.1 Å². The first-order valence-corrected chi connectivity index (χ1v) is 5.05. The molecular weight excluding hydrogens is 200 g/mol. The Kier molecular flexibility index (Phi) is 1.74. The summed E-state index contributed by atoms with van der Waals surface area (Å²) in [7, 11) is 0. The Hall–Kier alpha value is -2.29. The van der Waals surface area contributed by atoms with E-state index in [9.17, 15) is 0 Å². The lowest BCUT2D eigenvalue weighted by Gasteiger charge is -1.99. The Balaban J connectivity index is 2.51. The lowest BCUT2D eigenvalue weighted by molar-refractivity contribution is 0.661. The molecule has 0 radical (unpaired) electrons. The fourth-order valence-corrected chi connectivity index (χ4v) is 1.84. The lowest BCUT2D eigenvalue weighted by Crippen LogP contribution is -1.95. The summed E-state index contributed by atoms with van der Waals surface area (Å²) in [4.78, 5) is 0. The summed E-state index contributed by atoms with van der Waals surface area (Å²) in [5.41, 5.74) is 14.4. The summed E-state index contributed by atoms with van der Waals surface area (Å²) in [6, 6.07) is 13.4. The smallest absolute Gasteiger partial charge is 0.363 e. The second kappa shape index (κ2) is 3.10. The van der Waals surface area contributed by atoms with Gasteiger partial charge in [0.05, 0.1) is 16.8 Å². The topological polar surface area (TPSA) is 63.3 Å². The van der Waals surface area contributed by atoms with Crippen LogP contribution in [-0.2, 0) is 0 Å². The largest absolute Gasteiger partial charge is 0.397 e. The third kappa shape index (κ3) is 1.18. The van der Waals surface area contributed by atoms with Gasteiger partial charge in [0, 0.05) is 12.1 Å². The molecule has 0 unspecified atom stereocenters. The van der Waals surface area contributed by atoms with Crippen LogP contribution in [0.3, 0.4) is 0 Å². The third-order valence-corrected chi connectivity index (χ3v) is 2.72. The van der Waals surface area contributed by atoms with E-state index in [2.05, 4.69) is 0 Å². The first kappa shape index (κ1) is 8.97. The standard InChI is InChI=1S/C13H11N2O/c14-10-5-6-12-9(13(10)15)7-8-3-1-2-4-11(8)16-12/h1-7H,14-15H2/q+1. The van der Waals surface area contributed by atoms with Crippen molar-refractivity contribution in [1.29, 1.82) is 0 Å². The predicted octanol–water partition coefficient (Wildman–Crippen LogP) is 3.03. The minimum Gasteiger partial charge on any atom is -0.397 e. The van der Waals surface area contributed by atoms with Crippen molar-refractivity contribution in [2.24, 2.45) is 0 Å². The van der Waals surface area contributed by atoms with Gasteiger partial charge in [0.1, 0.15) is 5.39 Å². The molecule has 78 valence electrons. The van der Waals surface area contributed by atoms with Crippen molar-refractivity contribution in [2.45, 2.75) is 0 Å². The summed E-state index contributed by atoms with van der Waals surface area (Å²) < 4.78 is 5.75. The summed E-state index contributed by atoms with van der Waals surface area (Å²) in [5.74, 6) is 0. The molecular formula is C13H11N2O+. The molecule has 1 aromatic heterocycles. The fourth-order valence-electron chi connectivity index (χ4n) is 1.84. The Bertz CT molecular complexity index is 692. The van der Waals surface area contributed by atoms with Gasteiger partial charge in [-0.3, -0.25) is 0 Å². The van der Waals surface area contributed by atoms with Crippen molar-refractivity contribution in [2.75, 3.05) is 11.5 Å². The van der Waals surface area contributed by atoms with Crippen LogP contribution in [0.1, 0.15) is 0 Å². The molecule has 0 aliphatic rings. The zero-order valence-electron chi connectivity index (χ0n) is 8.60. The highest BCUT2D eigenvalue weighted by molar-refractivity contribution is 6.00. The van der Waals surface area contributed by atoms with Gasteiger partial charge in [0.2, 0.25) is 0 Å². The van der Waals surface area contributed by atoms with Crippen LogP contribution in [0.25, 0.3) is 21.9 Å². The molecule has 0 aliphatic heterocycles. The normalized spacial score (nSPS) is 11.0. The van der Waals surface area contributed by atoms with Crippen LogP contribution in [0.5, 0.6) is 0 Å². The van der Waals surface area contributed by atoms with E-state index in [1.165, 1.54) is 0 Å². The van der Waals surface area contributed by atoms with E-state index in [0.29, 0.717) is 11.4 Å². The van der Waals surface area contributed by atoms with E-state index in [4.69, 9.17) is 15.9 Å². The molecule has 2 aromatic carbocycles. The molecule has 1 heterocycles. The molecule has 4 N–H and O–H groups in total. The molecule has 0 fully saturated rings. The van der Waals surface area contributed by atoms with Gasteiger partial charge in [0.15, 0.2) is 0 Å². The molecule has 0 bridgehead atoms. The van der Waals surface area contributed by atoms with E-state index in [-0.39, 0.29) is 0 Å². The lowest BCUT2D eigenvalue weighted by atomic mass is 10.1. The van der Waals surface area contributed by atoms with E-state index in [0.717, 1.165) is 21.9 Å². The summed E-state index contributed by atoms with van der Waals surface area (Å²) >= 11 is 0. The highest BCUT2D eigenvalue weighted by Gasteiger charge is 2.14. The number of hydrogen-bond donors (Lipinski definition) is 2. The predicted molar refractivity (Wildman–Crippen MR) is 67.0 cm³/mol. The second-order valence-electron chi connectivity index (χ2n) is 3.76. The molecule has 0 spiro atoms. The maximum atomic E-state index is 5.92. The van der Waals surface area contributed by atoms with Crippen LogP contribution in [0.4, 0.5) is 11.4 Å². The summed E-state index contributed by atoms with van der Waals surface area (Å²) in [6.45, 7) is 0. The third-order valence-electron chi connectivity index (χ3n) is 2.72. The number of fused-ring (bicyclic) bond motifs is 2. The van der Waals surface area contributed by atoms with Crippen molar-refractivity contribution < 1.29 is 4.42 Å². The molecule has 3 rings (SSSR count). The van der Waals surface area contributed by atoms with Gasteiger partial charge in [-0.25, -0.2) is 4.42 Å². The zero-order chi connectivity index (χ0) is 11.1. The van der Waals surface area contributed by atoms with Gasteiger partial charge in [-0.2, -0.15) is 0 Å². The quantitative estimate of drug-likeness (QED) is 0.341. The minimum atomic E-state index is 0.576. The molecule has 3 aromatic rings. The van der Waals surface area contributed by atoms with Gasteiger partial charge in [-0.15, -0.1) is 0 Å². The number of nitrogens with two attached hydrogens (primary N) is 2. The van der Waals surface area contributed by atoms with Crippen LogP contribution >= 0.6 is 0 Å². The van der Waals surface area contributed by atoms with Crippen LogP contribution in [0.2, 0.25) is 0 Å². The van der Waals surface area contributed by atoms with E-state index in [1.54, 1.807) is 6.07 Å². The number of hydrogen-bond acceptors (Lipinski definition) is 2. The Morgan fingerprint density at radius 1 is 0.875 bits per heavy atom. The number of rotatable bonds is 0. The second-order valence-corrected chi connectivity index (χ2v) is 3.76. The molecule has 3 heteroatoms.